The SMILES string of the molecule is Cc1cc(-n2c(C)cc(C(=O)COC(=O)c3cccc(Cl)c3)c2C)no1. The first-order chi connectivity index (χ1) is 12.4. The van der Waals surface area contributed by atoms with Crippen LogP contribution >= 0.6 is 11.6 Å². The van der Waals surface area contributed by atoms with E-state index in [1.54, 1.807) is 37.3 Å². The molecule has 2 heterocycles. The highest BCUT2D eigenvalue weighted by atomic mass is 35.5. The number of esters is 1. The van der Waals surface area contributed by atoms with Crippen molar-refractivity contribution in [2.75, 3.05) is 6.61 Å². The molecule has 7 heteroatoms. The van der Waals surface area contributed by atoms with Crippen LogP contribution in [0.2, 0.25) is 5.02 Å². The van der Waals surface area contributed by atoms with Crippen molar-refractivity contribution in [3.05, 3.63) is 69.7 Å². The number of carbonyl (C=O) groups excluding carboxylic acids is 2. The van der Waals surface area contributed by atoms with Gasteiger partial charge in [0.2, 0.25) is 5.78 Å². The summed E-state index contributed by atoms with van der Waals surface area (Å²) in [6, 6.07) is 9.91. The fourth-order valence-electron chi connectivity index (χ4n) is 2.76. The number of aryl methyl sites for hydroxylation is 2. The van der Waals surface area contributed by atoms with E-state index in [-0.39, 0.29) is 12.4 Å². The van der Waals surface area contributed by atoms with Crippen LogP contribution in [-0.2, 0) is 4.74 Å². The monoisotopic (exact) mass is 372 g/mol. The summed E-state index contributed by atoms with van der Waals surface area (Å²) in [7, 11) is 0. The lowest BCUT2D eigenvalue weighted by Gasteiger charge is -2.06. The van der Waals surface area contributed by atoms with Gasteiger partial charge in [0.05, 0.1) is 5.56 Å². The molecule has 0 atom stereocenters. The Kier molecular flexibility index (Phi) is 4.95. The van der Waals surface area contributed by atoms with E-state index in [2.05, 4.69) is 5.16 Å². The lowest BCUT2D eigenvalue weighted by molar-refractivity contribution is 0.0474. The summed E-state index contributed by atoms with van der Waals surface area (Å²) in [4.78, 5) is 24.6. The number of rotatable bonds is 5. The molecule has 0 aliphatic heterocycles. The van der Waals surface area contributed by atoms with Gasteiger partial charge in [0.1, 0.15) is 5.76 Å². The summed E-state index contributed by atoms with van der Waals surface area (Å²) in [5.74, 6) is 0.394. The molecule has 0 amide bonds. The smallest absolute Gasteiger partial charge is 0.338 e. The summed E-state index contributed by atoms with van der Waals surface area (Å²) < 4.78 is 12.0. The molecular formula is C19H17ClN2O4. The third kappa shape index (κ3) is 3.55. The van der Waals surface area contributed by atoms with E-state index in [0.29, 0.717) is 33.4 Å². The van der Waals surface area contributed by atoms with Crippen molar-refractivity contribution in [3.63, 3.8) is 0 Å². The molecule has 0 N–H and O–H groups in total. The molecule has 0 bridgehead atoms. The van der Waals surface area contributed by atoms with Crippen LogP contribution in [0.15, 0.2) is 40.9 Å². The number of Topliss-reactive ketones (excluding diaryl/α,β-unsaturated/α-hetero) is 1. The molecular weight excluding hydrogens is 356 g/mol. The van der Waals surface area contributed by atoms with Crippen molar-refractivity contribution in [2.24, 2.45) is 0 Å². The van der Waals surface area contributed by atoms with E-state index in [1.165, 1.54) is 6.07 Å². The standard InChI is InChI=1S/C19H17ClN2O4/c1-11-7-16(13(3)22(11)18-8-12(2)26-21-18)17(23)10-25-19(24)14-5-4-6-15(20)9-14/h4-9H,10H2,1-3H3. The Labute approximate surface area is 155 Å². The normalized spacial score (nSPS) is 10.8. The molecule has 6 nitrogen and oxygen atoms in total. The fourth-order valence-corrected chi connectivity index (χ4v) is 2.95. The molecule has 134 valence electrons. The van der Waals surface area contributed by atoms with Gasteiger partial charge in [-0.25, -0.2) is 4.79 Å². The highest BCUT2D eigenvalue weighted by molar-refractivity contribution is 6.30. The second-order valence-corrected chi connectivity index (χ2v) is 6.36. The van der Waals surface area contributed by atoms with Crippen molar-refractivity contribution < 1.29 is 18.8 Å². The zero-order chi connectivity index (χ0) is 18.8. The van der Waals surface area contributed by atoms with Crippen LogP contribution in [0.25, 0.3) is 5.82 Å². The molecule has 0 unspecified atom stereocenters. The number of carbonyl (C=O) groups is 2. The Bertz CT molecular complexity index is 987. The van der Waals surface area contributed by atoms with Gasteiger partial charge in [0.15, 0.2) is 12.4 Å². The van der Waals surface area contributed by atoms with Gasteiger partial charge < -0.3 is 9.26 Å². The first-order valence-electron chi connectivity index (χ1n) is 7.95. The Balaban J connectivity index is 1.75. The van der Waals surface area contributed by atoms with E-state index in [1.807, 2.05) is 18.4 Å². The summed E-state index contributed by atoms with van der Waals surface area (Å²) in [5, 5.41) is 4.41. The van der Waals surface area contributed by atoms with E-state index in [0.717, 1.165) is 5.69 Å². The average Bonchev–Trinajstić information content (AvgIpc) is 3.15. The molecule has 0 aliphatic rings. The van der Waals surface area contributed by atoms with E-state index in [9.17, 15) is 9.59 Å². The summed E-state index contributed by atoms with van der Waals surface area (Å²) in [6.07, 6.45) is 0. The van der Waals surface area contributed by atoms with Gasteiger partial charge in [0, 0.05) is 28.0 Å². The molecule has 0 spiro atoms. The molecule has 0 fully saturated rings. The molecule has 3 aromatic rings. The lowest BCUT2D eigenvalue weighted by atomic mass is 10.1. The highest BCUT2D eigenvalue weighted by Crippen LogP contribution is 2.21. The number of nitrogens with zero attached hydrogens (tertiary/aromatic N) is 2. The average molecular weight is 373 g/mol. The van der Waals surface area contributed by atoms with Crippen molar-refractivity contribution in [1.29, 1.82) is 0 Å². The van der Waals surface area contributed by atoms with Gasteiger partial charge in [-0.2, -0.15) is 0 Å². The molecule has 0 saturated heterocycles. The third-order valence-electron chi connectivity index (χ3n) is 3.97. The Morgan fingerprint density at radius 1 is 1.19 bits per heavy atom. The number of benzene rings is 1. The van der Waals surface area contributed by atoms with Crippen LogP contribution in [-0.4, -0.2) is 28.1 Å². The first kappa shape index (κ1) is 17.9. The minimum atomic E-state index is -0.596. The largest absolute Gasteiger partial charge is 0.454 e. The summed E-state index contributed by atoms with van der Waals surface area (Å²) >= 11 is 5.86. The molecule has 0 saturated carbocycles. The minimum absolute atomic E-state index is 0.292. The lowest BCUT2D eigenvalue weighted by Crippen LogP contribution is -2.15. The Hall–Kier alpha value is -2.86. The minimum Gasteiger partial charge on any atom is -0.454 e. The molecule has 3 rings (SSSR count). The number of hydrogen-bond acceptors (Lipinski definition) is 5. The van der Waals surface area contributed by atoms with Crippen LogP contribution in [0.5, 0.6) is 0 Å². The molecule has 1 aromatic carbocycles. The van der Waals surface area contributed by atoms with E-state index in [4.69, 9.17) is 20.9 Å². The fraction of sp³-hybridized carbons (Fsp3) is 0.211. The van der Waals surface area contributed by atoms with Crippen molar-refractivity contribution in [3.8, 4) is 5.82 Å². The number of ether oxygens (including phenoxy) is 1. The van der Waals surface area contributed by atoms with Crippen LogP contribution in [0.4, 0.5) is 0 Å². The van der Waals surface area contributed by atoms with Crippen LogP contribution in [0.3, 0.4) is 0 Å². The maximum atomic E-state index is 12.5. The number of hydrogen-bond donors (Lipinski definition) is 0. The van der Waals surface area contributed by atoms with Crippen LogP contribution < -0.4 is 0 Å². The topological polar surface area (TPSA) is 74.3 Å². The second kappa shape index (κ2) is 7.17. The van der Waals surface area contributed by atoms with E-state index < -0.39 is 5.97 Å². The zero-order valence-corrected chi connectivity index (χ0v) is 15.3. The predicted octanol–water partition coefficient (Wildman–Crippen LogP) is 4.08. The van der Waals surface area contributed by atoms with Crippen molar-refractivity contribution >= 4 is 23.4 Å². The van der Waals surface area contributed by atoms with Gasteiger partial charge in [-0.3, -0.25) is 9.36 Å². The predicted molar refractivity (Wildman–Crippen MR) is 96.1 cm³/mol. The quantitative estimate of drug-likeness (QED) is 0.498. The van der Waals surface area contributed by atoms with E-state index >= 15 is 0 Å². The first-order valence-corrected chi connectivity index (χ1v) is 8.33. The Morgan fingerprint density at radius 3 is 2.62 bits per heavy atom. The van der Waals surface area contributed by atoms with Gasteiger partial charge in [-0.1, -0.05) is 22.8 Å². The summed E-state index contributed by atoms with van der Waals surface area (Å²) in [6.45, 7) is 5.12. The molecule has 0 aliphatic carbocycles. The maximum Gasteiger partial charge on any atom is 0.338 e. The second-order valence-electron chi connectivity index (χ2n) is 5.93. The van der Waals surface area contributed by atoms with Gasteiger partial charge in [-0.15, -0.1) is 0 Å². The number of ketones is 1. The van der Waals surface area contributed by atoms with Crippen molar-refractivity contribution in [1.82, 2.24) is 9.72 Å². The van der Waals surface area contributed by atoms with Crippen LogP contribution in [0.1, 0.15) is 37.9 Å². The van der Waals surface area contributed by atoms with Gasteiger partial charge in [-0.05, 0) is 45.0 Å². The van der Waals surface area contributed by atoms with Gasteiger partial charge in [0.25, 0.3) is 0 Å². The Morgan fingerprint density at radius 2 is 1.96 bits per heavy atom. The van der Waals surface area contributed by atoms with Crippen molar-refractivity contribution in [2.45, 2.75) is 20.8 Å². The summed E-state index contributed by atoms with van der Waals surface area (Å²) in [5.41, 5.74) is 2.32. The maximum absolute atomic E-state index is 12.5. The molecule has 26 heavy (non-hydrogen) atoms. The third-order valence-corrected chi connectivity index (χ3v) is 4.21. The highest BCUT2D eigenvalue weighted by Gasteiger charge is 2.20. The number of aromatic nitrogens is 2. The molecule has 0 radical (unpaired) electrons. The molecule has 2 aromatic heterocycles. The van der Waals surface area contributed by atoms with Crippen LogP contribution in [0, 0.1) is 20.8 Å². The van der Waals surface area contributed by atoms with Gasteiger partial charge >= 0.3 is 5.97 Å². The number of halogens is 1. The zero-order valence-electron chi connectivity index (χ0n) is 14.6.